The summed E-state index contributed by atoms with van der Waals surface area (Å²) in [7, 11) is 0. The van der Waals surface area contributed by atoms with Gasteiger partial charge in [0.1, 0.15) is 5.82 Å². The molecule has 1 N–H and O–H groups in total. The van der Waals surface area contributed by atoms with Crippen LogP contribution in [0, 0.1) is 5.92 Å². The Kier molecular flexibility index (Phi) is 5.16. The first-order chi connectivity index (χ1) is 11.6. The average molecular weight is 349 g/mol. The Morgan fingerprint density at radius 2 is 2.04 bits per heavy atom. The van der Waals surface area contributed by atoms with Gasteiger partial charge < -0.3 is 10.0 Å². The number of para-hydroxylation sites is 1. The molecule has 6 nitrogen and oxygen atoms in total. The number of nitrogens with zero attached hydrogens (tertiary/aromatic N) is 4. The Morgan fingerprint density at radius 1 is 1.33 bits per heavy atom. The third-order valence-corrected chi connectivity index (χ3v) is 4.74. The number of likely N-dealkylation sites (tertiary alicyclic amines) is 1. The maximum Gasteiger partial charge on any atom is 0.293 e. The zero-order valence-corrected chi connectivity index (χ0v) is 14.4. The monoisotopic (exact) mass is 348 g/mol. The van der Waals surface area contributed by atoms with Gasteiger partial charge in [0.2, 0.25) is 5.82 Å². The van der Waals surface area contributed by atoms with E-state index in [2.05, 4.69) is 10.1 Å². The Bertz CT molecular complexity index is 723. The molecule has 1 saturated heterocycles. The van der Waals surface area contributed by atoms with E-state index >= 15 is 0 Å². The normalized spacial score (nSPS) is 15.7. The zero-order chi connectivity index (χ0) is 17.1. The lowest BCUT2D eigenvalue weighted by Gasteiger charge is -2.30. The van der Waals surface area contributed by atoms with Crippen molar-refractivity contribution in [2.75, 3.05) is 19.7 Å². The second-order valence-electron chi connectivity index (χ2n) is 5.99. The highest BCUT2D eigenvalue weighted by molar-refractivity contribution is 6.32. The number of carbonyl (C=O) groups is 1. The summed E-state index contributed by atoms with van der Waals surface area (Å²) in [6.07, 6.45) is 2.28. The van der Waals surface area contributed by atoms with Gasteiger partial charge in [-0.3, -0.25) is 4.79 Å². The second-order valence-corrected chi connectivity index (χ2v) is 6.39. The maximum absolute atomic E-state index is 12.7. The van der Waals surface area contributed by atoms with Crippen LogP contribution in [0.2, 0.25) is 5.02 Å². The highest BCUT2D eigenvalue weighted by Gasteiger charge is 2.26. The molecule has 128 valence electrons. The number of rotatable bonds is 4. The molecule has 0 saturated carbocycles. The third kappa shape index (κ3) is 3.30. The summed E-state index contributed by atoms with van der Waals surface area (Å²) in [4.78, 5) is 18.9. The van der Waals surface area contributed by atoms with Gasteiger partial charge in [0.05, 0.1) is 10.7 Å². The highest BCUT2D eigenvalue weighted by Crippen LogP contribution is 2.22. The number of hydrogen-bond donors (Lipinski definition) is 1. The van der Waals surface area contributed by atoms with Gasteiger partial charge in [-0.25, -0.2) is 9.67 Å². The summed E-state index contributed by atoms with van der Waals surface area (Å²) in [5, 5.41) is 14.2. The van der Waals surface area contributed by atoms with Crippen LogP contribution >= 0.6 is 11.6 Å². The van der Waals surface area contributed by atoms with Gasteiger partial charge in [-0.1, -0.05) is 30.7 Å². The molecule has 24 heavy (non-hydrogen) atoms. The minimum Gasteiger partial charge on any atom is -0.396 e. The number of aliphatic hydroxyl groups is 1. The molecule has 0 aliphatic carbocycles. The van der Waals surface area contributed by atoms with E-state index in [9.17, 15) is 9.90 Å². The number of piperidine rings is 1. The van der Waals surface area contributed by atoms with Gasteiger partial charge in [0.25, 0.3) is 5.91 Å². The number of aliphatic hydroxyl groups excluding tert-OH is 1. The highest BCUT2D eigenvalue weighted by atomic mass is 35.5. The lowest BCUT2D eigenvalue weighted by molar-refractivity contribution is 0.0639. The predicted octanol–water partition coefficient (Wildman–Crippen LogP) is 2.33. The molecule has 1 aromatic carbocycles. The molecule has 1 aliphatic rings. The fraction of sp³-hybridized carbons (Fsp3) is 0.471. The van der Waals surface area contributed by atoms with Crippen LogP contribution in [0.25, 0.3) is 5.69 Å². The standard InChI is InChI=1S/C17H21ClN4O2/c1-2-15-19-16(17(24)21-9-7-12(11-23)8-10-21)20-22(15)14-6-4-3-5-13(14)18/h3-6,12,23H,2,7-11H2,1H3. The SMILES string of the molecule is CCc1nc(C(=O)N2CCC(CO)CC2)nn1-c1ccccc1Cl. The van der Waals surface area contributed by atoms with Gasteiger partial charge in [-0.2, -0.15) is 0 Å². The minimum absolute atomic E-state index is 0.160. The van der Waals surface area contributed by atoms with Crippen molar-refractivity contribution in [2.45, 2.75) is 26.2 Å². The van der Waals surface area contributed by atoms with Crippen molar-refractivity contribution < 1.29 is 9.90 Å². The molecule has 0 atom stereocenters. The first-order valence-electron chi connectivity index (χ1n) is 8.25. The van der Waals surface area contributed by atoms with Crippen LogP contribution < -0.4 is 0 Å². The van der Waals surface area contributed by atoms with Crippen LogP contribution in [0.1, 0.15) is 36.2 Å². The maximum atomic E-state index is 12.7. The van der Waals surface area contributed by atoms with Gasteiger partial charge in [-0.05, 0) is 30.9 Å². The number of amides is 1. The van der Waals surface area contributed by atoms with Crippen molar-refractivity contribution in [1.29, 1.82) is 0 Å². The molecule has 1 aliphatic heterocycles. The number of aryl methyl sites for hydroxylation is 1. The molecule has 1 amide bonds. The van der Waals surface area contributed by atoms with Crippen molar-refractivity contribution >= 4 is 17.5 Å². The largest absolute Gasteiger partial charge is 0.396 e. The summed E-state index contributed by atoms with van der Waals surface area (Å²) in [5.41, 5.74) is 0.724. The molecule has 3 rings (SSSR count). The smallest absolute Gasteiger partial charge is 0.293 e. The van der Waals surface area contributed by atoms with E-state index in [4.69, 9.17) is 11.6 Å². The lowest BCUT2D eigenvalue weighted by Crippen LogP contribution is -2.39. The summed E-state index contributed by atoms with van der Waals surface area (Å²) in [6, 6.07) is 7.38. The van der Waals surface area contributed by atoms with Gasteiger partial charge in [0.15, 0.2) is 0 Å². The number of carbonyl (C=O) groups excluding carboxylic acids is 1. The Labute approximate surface area is 146 Å². The minimum atomic E-state index is -0.160. The molecular weight excluding hydrogens is 328 g/mol. The first-order valence-corrected chi connectivity index (χ1v) is 8.62. The summed E-state index contributed by atoms with van der Waals surface area (Å²) < 4.78 is 1.65. The van der Waals surface area contributed by atoms with Crippen molar-refractivity contribution in [2.24, 2.45) is 5.92 Å². The molecule has 7 heteroatoms. The molecule has 0 bridgehead atoms. The Morgan fingerprint density at radius 3 is 2.67 bits per heavy atom. The first kappa shape index (κ1) is 16.9. The topological polar surface area (TPSA) is 71.2 Å². The van der Waals surface area contributed by atoms with Gasteiger partial charge >= 0.3 is 0 Å². The van der Waals surface area contributed by atoms with Crippen LogP contribution in [0.3, 0.4) is 0 Å². The predicted molar refractivity (Wildman–Crippen MR) is 91.5 cm³/mol. The fourth-order valence-electron chi connectivity index (χ4n) is 2.94. The number of halogens is 1. The summed E-state index contributed by atoms with van der Waals surface area (Å²) in [6.45, 7) is 3.41. The van der Waals surface area contributed by atoms with Crippen LogP contribution in [-0.4, -0.2) is 50.4 Å². The van der Waals surface area contributed by atoms with Crippen LogP contribution in [0.5, 0.6) is 0 Å². The van der Waals surface area contributed by atoms with Crippen molar-refractivity contribution in [1.82, 2.24) is 19.7 Å². The van der Waals surface area contributed by atoms with Crippen molar-refractivity contribution in [3.8, 4) is 5.69 Å². The van der Waals surface area contributed by atoms with E-state index < -0.39 is 0 Å². The summed E-state index contributed by atoms with van der Waals surface area (Å²) >= 11 is 6.25. The molecule has 0 spiro atoms. The van der Waals surface area contributed by atoms with Crippen LogP contribution in [-0.2, 0) is 6.42 Å². The molecular formula is C17H21ClN4O2. The Hall–Kier alpha value is -1.92. The zero-order valence-electron chi connectivity index (χ0n) is 13.7. The average Bonchev–Trinajstić information content (AvgIpc) is 3.05. The van der Waals surface area contributed by atoms with E-state index in [1.165, 1.54) is 0 Å². The molecule has 0 radical (unpaired) electrons. The molecule has 1 aromatic heterocycles. The fourth-order valence-corrected chi connectivity index (χ4v) is 3.16. The quantitative estimate of drug-likeness (QED) is 0.920. The molecule has 0 unspecified atom stereocenters. The van der Waals surface area contributed by atoms with E-state index in [1.807, 2.05) is 25.1 Å². The van der Waals surface area contributed by atoms with Gasteiger partial charge in [0, 0.05) is 26.1 Å². The number of hydrogen-bond acceptors (Lipinski definition) is 4. The van der Waals surface area contributed by atoms with E-state index in [-0.39, 0.29) is 24.3 Å². The summed E-state index contributed by atoms with van der Waals surface area (Å²) in [5.74, 6) is 1.03. The van der Waals surface area contributed by atoms with Crippen molar-refractivity contribution in [3.05, 3.63) is 40.9 Å². The molecule has 1 fully saturated rings. The third-order valence-electron chi connectivity index (χ3n) is 4.42. The van der Waals surface area contributed by atoms with Gasteiger partial charge in [-0.15, -0.1) is 5.10 Å². The van der Waals surface area contributed by atoms with Crippen LogP contribution in [0.4, 0.5) is 0 Å². The van der Waals surface area contributed by atoms with Crippen LogP contribution in [0.15, 0.2) is 24.3 Å². The molecule has 2 heterocycles. The number of aromatic nitrogens is 3. The lowest BCUT2D eigenvalue weighted by atomic mass is 9.98. The second kappa shape index (κ2) is 7.32. The van der Waals surface area contributed by atoms with E-state index in [1.54, 1.807) is 15.6 Å². The number of benzene rings is 1. The van der Waals surface area contributed by atoms with E-state index in [0.717, 1.165) is 18.5 Å². The molecule has 2 aromatic rings. The van der Waals surface area contributed by atoms with Crippen molar-refractivity contribution in [3.63, 3.8) is 0 Å². The Balaban J connectivity index is 1.85. The van der Waals surface area contributed by atoms with E-state index in [0.29, 0.717) is 30.4 Å².